The van der Waals surface area contributed by atoms with Gasteiger partial charge in [0.15, 0.2) is 0 Å². The van der Waals surface area contributed by atoms with Crippen molar-refractivity contribution >= 4 is 28.6 Å². The van der Waals surface area contributed by atoms with Gasteiger partial charge in [-0.1, -0.05) is 20.8 Å². The van der Waals surface area contributed by atoms with E-state index >= 15 is 0 Å². The third kappa shape index (κ3) is 7.11. The van der Waals surface area contributed by atoms with Gasteiger partial charge in [-0.3, -0.25) is 9.59 Å². The predicted octanol–water partition coefficient (Wildman–Crippen LogP) is 5.49. The number of amides is 1. The molecule has 11 heteroatoms. The van der Waals surface area contributed by atoms with Crippen molar-refractivity contribution in [2.24, 2.45) is 11.3 Å². The number of rotatable bonds is 2. The predicted molar refractivity (Wildman–Crippen MR) is 144 cm³/mol. The topological polar surface area (TPSA) is 95.0 Å². The number of aryl methyl sites for hydroxylation is 1. The molecule has 1 saturated heterocycles. The van der Waals surface area contributed by atoms with E-state index in [1.165, 1.54) is 17.2 Å². The fraction of sp³-hybridized carbons (Fsp3) is 0.600. The van der Waals surface area contributed by atoms with Gasteiger partial charge in [0.25, 0.3) is 0 Å². The first-order valence-electron chi connectivity index (χ1n) is 14.1. The standard InChI is InChI=1S/C30H37F3N2O6/c1-5-39-28(38)24-15-19-17-35(24)27(37)23(29(2,3)4)16-25(36)40-12-8-6-7-9-18-13-21-20(10-11-34-26(21)41-19)22(14-18)30(31,32)33/h10-11,13-14,19,23-24H,5-9,12,15-17H2,1-4H3/t19-,23-,24+/m1/s1. The molecule has 0 spiro atoms. The number of ether oxygens (including phenoxy) is 3. The van der Waals surface area contributed by atoms with Crippen LogP contribution in [0.5, 0.6) is 5.88 Å². The number of pyridine rings is 1. The van der Waals surface area contributed by atoms with Gasteiger partial charge >= 0.3 is 18.1 Å². The fourth-order valence-corrected chi connectivity index (χ4v) is 5.52. The molecule has 0 radical (unpaired) electrons. The van der Waals surface area contributed by atoms with Crippen LogP contribution < -0.4 is 4.74 Å². The Morgan fingerprint density at radius 3 is 2.56 bits per heavy atom. The second-order valence-corrected chi connectivity index (χ2v) is 11.7. The van der Waals surface area contributed by atoms with E-state index in [-0.39, 0.29) is 49.3 Å². The van der Waals surface area contributed by atoms with Crippen molar-refractivity contribution in [1.82, 2.24) is 9.88 Å². The number of alkyl halides is 3. The zero-order chi connectivity index (χ0) is 29.9. The maximum Gasteiger partial charge on any atom is 0.417 e. The molecule has 3 heterocycles. The minimum atomic E-state index is -4.59. The smallest absolute Gasteiger partial charge is 0.417 e. The molecule has 0 unspecified atom stereocenters. The van der Waals surface area contributed by atoms with Crippen LogP contribution in [-0.2, 0) is 36.5 Å². The highest BCUT2D eigenvalue weighted by Crippen LogP contribution is 2.40. The van der Waals surface area contributed by atoms with Crippen LogP contribution in [0.2, 0.25) is 0 Å². The lowest BCUT2D eigenvalue weighted by atomic mass is 9.77. The van der Waals surface area contributed by atoms with Gasteiger partial charge in [0.2, 0.25) is 11.8 Å². The molecule has 3 atom stereocenters. The summed E-state index contributed by atoms with van der Waals surface area (Å²) < 4.78 is 59.1. The summed E-state index contributed by atoms with van der Waals surface area (Å²) in [6, 6.07) is 3.15. The summed E-state index contributed by atoms with van der Waals surface area (Å²) in [4.78, 5) is 45.2. The number of benzene rings is 1. The van der Waals surface area contributed by atoms with Crippen molar-refractivity contribution in [3.05, 3.63) is 35.5 Å². The molecule has 2 aliphatic rings. The van der Waals surface area contributed by atoms with Gasteiger partial charge in [-0.25, -0.2) is 9.78 Å². The van der Waals surface area contributed by atoms with E-state index in [1.807, 2.05) is 20.8 Å². The lowest BCUT2D eigenvalue weighted by Gasteiger charge is -2.34. The molecule has 4 bridgehead atoms. The molecule has 1 amide bonds. The molecule has 1 aromatic carbocycles. The molecule has 224 valence electrons. The zero-order valence-electron chi connectivity index (χ0n) is 23.9. The molecular weight excluding hydrogens is 541 g/mol. The van der Waals surface area contributed by atoms with Crippen molar-refractivity contribution in [3.63, 3.8) is 0 Å². The lowest BCUT2D eigenvalue weighted by molar-refractivity contribution is -0.158. The van der Waals surface area contributed by atoms with Crippen molar-refractivity contribution in [2.45, 2.75) is 84.5 Å². The van der Waals surface area contributed by atoms with Gasteiger partial charge in [-0.15, -0.1) is 0 Å². The highest BCUT2D eigenvalue weighted by Gasteiger charge is 2.46. The SMILES string of the molecule is CCOC(=O)[C@@H]1C[C@@H]2CN1C(=O)[C@H](C(C)(C)C)CC(=O)OCCCCCc1cc(C(F)(F)F)c3ccnc(c3c1)O2. The molecule has 8 nitrogen and oxygen atoms in total. The number of carbonyl (C=O) groups excluding carboxylic acids is 3. The number of hydrogen-bond acceptors (Lipinski definition) is 7. The first-order valence-corrected chi connectivity index (χ1v) is 14.1. The van der Waals surface area contributed by atoms with Gasteiger partial charge in [-0.2, -0.15) is 13.2 Å². The van der Waals surface area contributed by atoms with Crippen LogP contribution in [-0.4, -0.2) is 59.6 Å². The van der Waals surface area contributed by atoms with Gasteiger partial charge in [0.1, 0.15) is 12.1 Å². The highest BCUT2D eigenvalue weighted by molar-refractivity contribution is 5.91. The van der Waals surface area contributed by atoms with Crippen LogP contribution in [0.25, 0.3) is 10.8 Å². The van der Waals surface area contributed by atoms with E-state index in [0.29, 0.717) is 31.2 Å². The van der Waals surface area contributed by atoms with E-state index in [2.05, 4.69) is 4.98 Å². The van der Waals surface area contributed by atoms with Gasteiger partial charge in [-0.05, 0) is 61.8 Å². The maximum atomic E-state index is 14.1. The van der Waals surface area contributed by atoms with Crippen LogP contribution in [0.4, 0.5) is 13.2 Å². The third-order valence-corrected chi connectivity index (χ3v) is 7.68. The van der Waals surface area contributed by atoms with Crippen molar-refractivity contribution in [2.75, 3.05) is 19.8 Å². The summed E-state index contributed by atoms with van der Waals surface area (Å²) in [5.74, 6) is -2.31. The van der Waals surface area contributed by atoms with Gasteiger partial charge in [0, 0.05) is 23.4 Å². The van der Waals surface area contributed by atoms with Gasteiger partial charge < -0.3 is 19.1 Å². The summed E-state index contributed by atoms with van der Waals surface area (Å²) in [5, 5.41) is 0.186. The third-order valence-electron chi connectivity index (χ3n) is 7.68. The molecular formula is C30H37F3N2O6. The fourth-order valence-electron chi connectivity index (χ4n) is 5.52. The van der Waals surface area contributed by atoms with Crippen LogP contribution in [0.1, 0.15) is 70.9 Å². The normalized spacial score (nSPS) is 23.1. The van der Waals surface area contributed by atoms with E-state index in [4.69, 9.17) is 14.2 Å². The Kier molecular flexibility index (Phi) is 9.13. The molecule has 2 aromatic rings. The lowest BCUT2D eigenvalue weighted by Crippen LogP contribution is -2.48. The second kappa shape index (κ2) is 12.2. The molecule has 0 N–H and O–H groups in total. The molecule has 1 fully saturated rings. The quantitative estimate of drug-likeness (QED) is 0.435. The molecule has 0 aliphatic carbocycles. The summed E-state index contributed by atoms with van der Waals surface area (Å²) >= 11 is 0. The zero-order valence-corrected chi connectivity index (χ0v) is 23.9. The van der Waals surface area contributed by atoms with Crippen molar-refractivity contribution in [3.8, 4) is 5.88 Å². The number of cyclic esters (lactones) is 1. The number of esters is 2. The largest absolute Gasteiger partial charge is 0.472 e. The summed E-state index contributed by atoms with van der Waals surface area (Å²) in [6.45, 7) is 7.41. The minimum absolute atomic E-state index is 0.00817. The molecule has 41 heavy (non-hydrogen) atoms. The number of halogens is 3. The Morgan fingerprint density at radius 2 is 1.88 bits per heavy atom. The summed E-state index contributed by atoms with van der Waals surface area (Å²) in [7, 11) is 0. The monoisotopic (exact) mass is 578 g/mol. The van der Waals surface area contributed by atoms with Crippen LogP contribution in [0, 0.1) is 11.3 Å². The maximum absolute atomic E-state index is 14.1. The summed E-state index contributed by atoms with van der Waals surface area (Å²) in [5.41, 5.74) is -0.917. The Hall–Kier alpha value is -3.37. The number of aromatic nitrogens is 1. The number of hydrogen-bond donors (Lipinski definition) is 0. The second-order valence-electron chi connectivity index (χ2n) is 11.7. The molecule has 2 aliphatic heterocycles. The number of nitrogens with zero attached hydrogens (tertiary/aromatic N) is 2. The Labute approximate surface area is 237 Å². The number of carbonyl (C=O) groups is 3. The van der Waals surface area contributed by atoms with Gasteiger partial charge in [0.05, 0.1) is 37.7 Å². The van der Waals surface area contributed by atoms with E-state index in [1.54, 1.807) is 13.0 Å². The summed E-state index contributed by atoms with van der Waals surface area (Å²) in [6.07, 6.45) is -1.98. The first-order chi connectivity index (χ1) is 19.3. The van der Waals surface area contributed by atoms with Crippen LogP contribution in [0.15, 0.2) is 24.4 Å². The van der Waals surface area contributed by atoms with Crippen molar-refractivity contribution in [1.29, 1.82) is 0 Å². The van der Waals surface area contributed by atoms with Crippen molar-refractivity contribution < 1.29 is 41.8 Å². The van der Waals surface area contributed by atoms with Crippen LogP contribution >= 0.6 is 0 Å². The number of fused-ring (bicyclic) bond motifs is 3. The van der Waals surface area contributed by atoms with E-state index < -0.39 is 53.1 Å². The molecule has 0 saturated carbocycles. The first kappa shape index (κ1) is 30.6. The Balaban J connectivity index is 1.78. The minimum Gasteiger partial charge on any atom is -0.472 e. The Bertz CT molecular complexity index is 1290. The van der Waals surface area contributed by atoms with E-state index in [0.717, 1.165) is 6.07 Å². The van der Waals surface area contributed by atoms with Crippen LogP contribution in [0.3, 0.4) is 0 Å². The van der Waals surface area contributed by atoms with E-state index in [9.17, 15) is 27.6 Å². The Morgan fingerprint density at radius 1 is 1.12 bits per heavy atom. The average Bonchev–Trinajstić information content (AvgIpc) is 3.31. The molecule has 4 rings (SSSR count). The average molecular weight is 579 g/mol. The molecule has 1 aromatic heterocycles. The highest BCUT2D eigenvalue weighted by atomic mass is 19.4.